The van der Waals surface area contributed by atoms with Crippen molar-refractivity contribution in [3.8, 4) is 16.9 Å². The molecule has 0 spiro atoms. The number of nitrogens with zero attached hydrogens (tertiary/aromatic N) is 4. The summed E-state index contributed by atoms with van der Waals surface area (Å²) in [7, 11) is 0. The molecule has 0 aliphatic rings. The Balaban J connectivity index is 1.99. The van der Waals surface area contributed by atoms with Crippen molar-refractivity contribution in [2.75, 3.05) is 5.73 Å². The molecule has 106 valence electrons. The second kappa shape index (κ2) is 5.36. The molecule has 2 heterocycles. The van der Waals surface area contributed by atoms with Crippen molar-refractivity contribution in [1.82, 2.24) is 19.7 Å². The number of nitrogens with two attached hydrogens (primary N) is 1. The number of aromatic nitrogens is 4. The third-order valence-corrected chi connectivity index (χ3v) is 3.35. The molecule has 0 aliphatic carbocycles. The van der Waals surface area contributed by atoms with Crippen molar-refractivity contribution in [3.05, 3.63) is 54.7 Å². The zero-order valence-corrected chi connectivity index (χ0v) is 12.1. The van der Waals surface area contributed by atoms with Crippen LogP contribution in [0, 0.1) is 0 Å². The monoisotopic (exact) mass is 279 g/mol. The fourth-order valence-electron chi connectivity index (χ4n) is 2.15. The lowest BCUT2D eigenvalue weighted by Gasteiger charge is -2.06. The number of rotatable bonds is 3. The minimum Gasteiger partial charge on any atom is -0.398 e. The summed E-state index contributed by atoms with van der Waals surface area (Å²) in [5.74, 6) is 1.11. The smallest absolute Gasteiger partial charge is 0.156 e. The largest absolute Gasteiger partial charge is 0.398 e. The Labute approximate surface area is 123 Å². The van der Waals surface area contributed by atoms with Crippen molar-refractivity contribution in [1.29, 1.82) is 0 Å². The minimum absolute atomic E-state index is 0.353. The predicted octanol–water partition coefficient (Wildman–Crippen LogP) is 3.03. The normalized spacial score (nSPS) is 11.0. The molecule has 0 saturated carbocycles. The molecule has 1 aromatic carbocycles. The molecule has 0 radical (unpaired) electrons. The van der Waals surface area contributed by atoms with Crippen LogP contribution >= 0.6 is 0 Å². The first-order valence-electron chi connectivity index (χ1n) is 6.87. The molecule has 2 aromatic heterocycles. The highest BCUT2D eigenvalue weighted by atomic mass is 15.3. The summed E-state index contributed by atoms with van der Waals surface area (Å²) in [5, 5.41) is 4.38. The summed E-state index contributed by atoms with van der Waals surface area (Å²) in [4.78, 5) is 8.55. The quantitative estimate of drug-likeness (QED) is 0.748. The Morgan fingerprint density at radius 1 is 1.14 bits per heavy atom. The summed E-state index contributed by atoms with van der Waals surface area (Å²) >= 11 is 0. The van der Waals surface area contributed by atoms with Crippen LogP contribution in [0.2, 0.25) is 0 Å². The number of hydrogen-bond acceptors (Lipinski definition) is 4. The van der Waals surface area contributed by atoms with Gasteiger partial charge in [0.05, 0.1) is 6.20 Å². The fourth-order valence-corrected chi connectivity index (χ4v) is 2.15. The highest BCUT2D eigenvalue weighted by Crippen LogP contribution is 2.25. The number of para-hydroxylation sites is 1. The van der Waals surface area contributed by atoms with Crippen molar-refractivity contribution >= 4 is 5.69 Å². The topological polar surface area (TPSA) is 69.6 Å². The van der Waals surface area contributed by atoms with Crippen molar-refractivity contribution in [2.24, 2.45) is 0 Å². The maximum atomic E-state index is 6.00. The van der Waals surface area contributed by atoms with E-state index in [2.05, 4.69) is 28.9 Å². The number of nitrogen functional groups attached to an aromatic ring is 1. The summed E-state index contributed by atoms with van der Waals surface area (Å²) < 4.78 is 1.75. The Kier molecular flexibility index (Phi) is 3.39. The lowest BCUT2D eigenvalue weighted by atomic mass is 10.1. The van der Waals surface area contributed by atoms with E-state index in [9.17, 15) is 0 Å². The Morgan fingerprint density at radius 3 is 2.71 bits per heavy atom. The van der Waals surface area contributed by atoms with E-state index in [1.165, 1.54) is 0 Å². The molecular weight excluding hydrogens is 262 g/mol. The summed E-state index contributed by atoms with van der Waals surface area (Å²) in [6.07, 6.45) is 5.30. The van der Waals surface area contributed by atoms with Gasteiger partial charge in [0.15, 0.2) is 5.82 Å². The number of anilines is 1. The van der Waals surface area contributed by atoms with Gasteiger partial charge in [0.1, 0.15) is 6.33 Å². The molecule has 0 bridgehead atoms. The average molecular weight is 279 g/mol. The van der Waals surface area contributed by atoms with Crippen LogP contribution < -0.4 is 5.73 Å². The van der Waals surface area contributed by atoms with E-state index in [-0.39, 0.29) is 0 Å². The van der Waals surface area contributed by atoms with Crippen molar-refractivity contribution < 1.29 is 0 Å². The molecule has 3 aromatic rings. The molecule has 5 nitrogen and oxygen atoms in total. The predicted molar refractivity (Wildman–Crippen MR) is 83.1 cm³/mol. The van der Waals surface area contributed by atoms with Crippen LogP contribution in [-0.4, -0.2) is 19.7 Å². The Hall–Kier alpha value is -2.69. The lowest BCUT2D eigenvalue weighted by Crippen LogP contribution is -2.01. The van der Waals surface area contributed by atoms with Gasteiger partial charge in [-0.25, -0.2) is 14.6 Å². The van der Waals surface area contributed by atoms with Gasteiger partial charge in [-0.15, -0.1) is 0 Å². The van der Waals surface area contributed by atoms with Gasteiger partial charge in [-0.1, -0.05) is 32.0 Å². The summed E-state index contributed by atoms with van der Waals surface area (Å²) in [5.41, 5.74) is 9.68. The van der Waals surface area contributed by atoms with Gasteiger partial charge in [-0.3, -0.25) is 0 Å². The van der Waals surface area contributed by atoms with Gasteiger partial charge in [-0.05, 0) is 12.0 Å². The minimum atomic E-state index is 0.353. The van der Waals surface area contributed by atoms with E-state index < -0.39 is 0 Å². The van der Waals surface area contributed by atoms with Crippen LogP contribution in [0.25, 0.3) is 16.9 Å². The van der Waals surface area contributed by atoms with E-state index >= 15 is 0 Å². The summed E-state index contributed by atoms with van der Waals surface area (Å²) in [6.45, 7) is 4.20. The lowest BCUT2D eigenvalue weighted by molar-refractivity contribution is 0.784. The maximum absolute atomic E-state index is 6.00. The van der Waals surface area contributed by atoms with Gasteiger partial charge >= 0.3 is 0 Å². The van der Waals surface area contributed by atoms with Crippen LogP contribution in [0.5, 0.6) is 0 Å². The molecule has 0 aliphatic heterocycles. The molecule has 21 heavy (non-hydrogen) atoms. The summed E-state index contributed by atoms with van der Waals surface area (Å²) in [6, 6.07) is 9.70. The molecule has 0 saturated heterocycles. The van der Waals surface area contributed by atoms with E-state index in [0.29, 0.717) is 5.92 Å². The van der Waals surface area contributed by atoms with Crippen LogP contribution in [0.15, 0.2) is 49.1 Å². The zero-order chi connectivity index (χ0) is 14.8. The van der Waals surface area contributed by atoms with E-state index in [0.717, 1.165) is 28.3 Å². The molecule has 0 atom stereocenters. The maximum Gasteiger partial charge on any atom is 0.156 e. The third-order valence-electron chi connectivity index (χ3n) is 3.35. The first-order valence-corrected chi connectivity index (χ1v) is 6.87. The molecule has 0 amide bonds. The van der Waals surface area contributed by atoms with E-state index in [1.807, 2.05) is 36.5 Å². The molecule has 2 N–H and O–H groups in total. The first kappa shape index (κ1) is 13.3. The highest BCUT2D eigenvalue weighted by molar-refractivity contribution is 5.75. The van der Waals surface area contributed by atoms with Crippen molar-refractivity contribution in [2.45, 2.75) is 19.8 Å². The molecular formula is C16H17N5. The Morgan fingerprint density at radius 2 is 1.95 bits per heavy atom. The molecule has 5 heteroatoms. The SMILES string of the molecule is CC(C)c1cc(-n2cc(-c3ccccc3N)cn2)ncn1. The Bertz CT molecular complexity index is 761. The van der Waals surface area contributed by atoms with Crippen LogP contribution in [0.1, 0.15) is 25.5 Å². The van der Waals surface area contributed by atoms with Crippen LogP contribution in [0.3, 0.4) is 0 Å². The number of hydrogen-bond donors (Lipinski definition) is 1. The van der Waals surface area contributed by atoms with Crippen LogP contribution in [-0.2, 0) is 0 Å². The molecule has 0 fully saturated rings. The zero-order valence-electron chi connectivity index (χ0n) is 12.1. The molecule has 3 rings (SSSR count). The standard InChI is InChI=1S/C16H17N5/c1-11(2)15-7-16(19-10-18-15)21-9-12(8-20-21)13-5-3-4-6-14(13)17/h3-11H,17H2,1-2H3. The van der Waals surface area contributed by atoms with Crippen LogP contribution in [0.4, 0.5) is 5.69 Å². The van der Waals surface area contributed by atoms with Gasteiger partial charge in [0.25, 0.3) is 0 Å². The molecule has 0 unspecified atom stereocenters. The van der Waals surface area contributed by atoms with Gasteiger partial charge in [-0.2, -0.15) is 5.10 Å². The van der Waals surface area contributed by atoms with E-state index in [4.69, 9.17) is 5.73 Å². The van der Waals surface area contributed by atoms with E-state index in [1.54, 1.807) is 17.2 Å². The number of benzene rings is 1. The average Bonchev–Trinajstić information content (AvgIpc) is 2.97. The second-order valence-electron chi connectivity index (χ2n) is 5.22. The first-order chi connectivity index (χ1) is 10.1. The van der Waals surface area contributed by atoms with Gasteiger partial charge in [0.2, 0.25) is 0 Å². The third kappa shape index (κ3) is 2.63. The fraction of sp³-hybridized carbons (Fsp3) is 0.188. The van der Waals surface area contributed by atoms with Gasteiger partial charge in [0, 0.05) is 34.8 Å². The van der Waals surface area contributed by atoms with Gasteiger partial charge < -0.3 is 5.73 Å². The highest BCUT2D eigenvalue weighted by Gasteiger charge is 2.08. The second-order valence-corrected chi connectivity index (χ2v) is 5.22. The van der Waals surface area contributed by atoms with Crippen molar-refractivity contribution in [3.63, 3.8) is 0 Å².